The monoisotopic (exact) mass is 337 g/mol. The Hall–Kier alpha value is -1.49. The molecular formula is C16H17Cl2N3O. The van der Waals surface area contributed by atoms with Gasteiger partial charge in [0.2, 0.25) is 0 Å². The van der Waals surface area contributed by atoms with E-state index in [0.717, 1.165) is 37.4 Å². The van der Waals surface area contributed by atoms with Crippen LogP contribution in [-0.2, 0) is 0 Å². The number of aromatic nitrogens is 1. The fourth-order valence-electron chi connectivity index (χ4n) is 2.60. The Balaban J connectivity index is 1.88. The highest BCUT2D eigenvalue weighted by atomic mass is 35.5. The van der Waals surface area contributed by atoms with Crippen molar-refractivity contribution >= 4 is 28.9 Å². The number of anilines is 1. The molecule has 0 aliphatic carbocycles. The summed E-state index contributed by atoms with van der Waals surface area (Å²) in [5.41, 5.74) is 2.33. The fraction of sp³-hybridized carbons (Fsp3) is 0.312. The molecule has 22 heavy (non-hydrogen) atoms. The number of hydrogen-bond acceptors (Lipinski definition) is 3. The third-order valence-electron chi connectivity index (χ3n) is 3.96. The SMILES string of the molecule is CN1CCN(c2ccc(-c3ccc(Cl)c(=O)[nH]3)cc2Cl)CC1. The van der Waals surface area contributed by atoms with Crippen LogP contribution in [0.4, 0.5) is 5.69 Å². The lowest BCUT2D eigenvalue weighted by atomic mass is 10.1. The topological polar surface area (TPSA) is 39.3 Å². The number of nitrogens with one attached hydrogen (secondary N) is 1. The van der Waals surface area contributed by atoms with Gasteiger partial charge in [-0.2, -0.15) is 0 Å². The van der Waals surface area contributed by atoms with Gasteiger partial charge in [-0.3, -0.25) is 4.79 Å². The molecule has 0 spiro atoms. The smallest absolute Gasteiger partial charge is 0.267 e. The molecule has 1 saturated heterocycles. The zero-order valence-electron chi connectivity index (χ0n) is 12.3. The molecule has 1 aromatic heterocycles. The third kappa shape index (κ3) is 3.14. The average Bonchev–Trinajstić information content (AvgIpc) is 2.51. The number of aromatic amines is 1. The Kier molecular flexibility index (Phi) is 4.43. The first-order chi connectivity index (χ1) is 10.5. The van der Waals surface area contributed by atoms with Gasteiger partial charge in [-0.15, -0.1) is 0 Å². The second-order valence-electron chi connectivity index (χ2n) is 5.51. The highest BCUT2D eigenvalue weighted by Gasteiger charge is 2.17. The van der Waals surface area contributed by atoms with Crippen LogP contribution in [0.5, 0.6) is 0 Å². The molecule has 0 radical (unpaired) electrons. The molecule has 116 valence electrons. The largest absolute Gasteiger partial charge is 0.368 e. The Morgan fingerprint density at radius 1 is 1.00 bits per heavy atom. The lowest BCUT2D eigenvalue weighted by Gasteiger charge is -2.34. The van der Waals surface area contributed by atoms with Crippen molar-refractivity contribution in [3.05, 3.63) is 50.7 Å². The highest BCUT2D eigenvalue weighted by Crippen LogP contribution is 2.31. The van der Waals surface area contributed by atoms with Gasteiger partial charge in [0.05, 0.1) is 10.7 Å². The van der Waals surface area contributed by atoms with Gasteiger partial charge in [-0.25, -0.2) is 0 Å². The van der Waals surface area contributed by atoms with E-state index in [1.807, 2.05) is 18.2 Å². The molecule has 0 saturated carbocycles. The van der Waals surface area contributed by atoms with Gasteiger partial charge in [-0.05, 0) is 36.9 Å². The van der Waals surface area contributed by atoms with Crippen LogP contribution >= 0.6 is 23.2 Å². The summed E-state index contributed by atoms with van der Waals surface area (Å²) in [4.78, 5) is 19.0. The van der Waals surface area contributed by atoms with Crippen molar-refractivity contribution in [1.29, 1.82) is 0 Å². The number of halogens is 2. The minimum absolute atomic E-state index is 0.184. The quantitative estimate of drug-likeness (QED) is 0.915. The molecule has 0 unspecified atom stereocenters. The molecule has 1 N–H and O–H groups in total. The maximum absolute atomic E-state index is 11.6. The number of H-pyrrole nitrogens is 1. The van der Waals surface area contributed by atoms with Crippen molar-refractivity contribution in [2.45, 2.75) is 0 Å². The Labute approximate surface area is 139 Å². The van der Waals surface area contributed by atoms with Gasteiger partial charge in [0.25, 0.3) is 5.56 Å². The van der Waals surface area contributed by atoms with Gasteiger partial charge in [0.15, 0.2) is 0 Å². The van der Waals surface area contributed by atoms with Gasteiger partial charge in [0.1, 0.15) is 5.02 Å². The first-order valence-electron chi connectivity index (χ1n) is 7.17. The van der Waals surface area contributed by atoms with E-state index in [-0.39, 0.29) is 10.6 Å². The molecule has 0 atom stereocenters. The molecule has 1 aromatic carbocycles. The van der Waals surface area contributed by atoms with E-state index < -0.39 is 0 Å². The van der Waals surface area contributed by atoms with E-state index >= 15 is 0 Å². The van der Waals surface area contributed by atoms with Crippen LogP contribution in [0.25, 0.3) is 11.3 Å². The summed E-state index contributed by atoms with van der Waals surface area (Å²) in [5.74, 6) is 0. The molecule has 6 heteroatoms. The van der Waals surface area contributed by atoms with Crippen molar-refractivity contribution in [1.82, 2.24) is 9.88 Å². The van der Waals surface area contributed by atoms with Gasteiger partial charge >= 0.3 is 0 Å². The molecule has 3 rings (SSSR count). The normalized spacial score (nSPS) is 16.0. The molecule has 2 heterocycles. The standard InChI is InChI=1S/C16H17Cl2N3O/c1-20-6-8-21(9-7-20)15-5-2-11(10-13(15)18)14-4-3-12(17)16(22)19-14/h2-5,10H,6-9H2,1H3,(H,19,22). The first kappa shape index (κ1) is 15.4. The average molecular weight is 338 g/mol. The zero-order valence-corrected chi connectivity index (χ0v) is 13.8. The van der Waals surface area contributed by atoms with Gasteiger partial charge < -0.3 is 14.8 Å². The summed E-state index contributed by atoms with van der Waals surface area (Å²) in [5, 5.41) is 0.877. The molecule has 1 aliphatic rings. The van der Waals surface area contributed by atoms with Crippen LogP contribution in [0.2, 0.25) is 10.0 Å². The van der Waals surface area contributed by atoms with Gasteiger partial charge in [0, 0.05) is 31.9 Å². The van der Waals surface area contributed by atoms with Crippen molar-refractivity contribution in [2.24, 2.45) is 0 Å². The minimum Gasteiger partial charge on any atom is -0.368 e. The van der Waals surface area contributed by atoms with Crippen molar-refractivity contribution < 1.29 is 0 Å². The fourth-order valence-corrected chi connectivity index (χ4v) is 3.01. The van der Waals surface area contributed by atoms with E-state index in [2.05, 4.69) is 21.8 Å². The summed E-state index contributed by atoms with van der Waals surface area (Å²) in [6, 6.07) is 9.24. The predicted octanol–water partition coefficient (Wildman–Crippen LogP) is 3.10. The Morgan fingerprint density at radius 2 is 1.73 bits per heavy atom. The summed E-state index contributed by atoms with van der Waals surface area (Å²) in [6.45, 7) is 3.99. The minimum atomic E-state index is -0.293. The molecule has 0 amide bonds. The maximum Gasteiger partial charge on any atom is 0.267 e. The van der Waals surface area contributed by atoms with Crippen LogP contribution in [0.15, 0.2) is 35.1 Å². The van der Waals surface area contributed by atoms with Crippen LogP contribution in [0.1, 0.15) is 0 Å². The van der Waals surface area contributed by atoms with E-state index in [0.29, 0.717) is 10.7 Å². The van der Waals surface area contributed by atoms with Crippen molar-refractivity contribution in [3.63, 3.8) is 0 Å². The van der Waals surface area contributed by atoms with Gasteiger partial charge in [-0.1, -0.05) is 29.3 Å². The predicted molar refractivity (Wildman–Crippen MR) is 92.2 cm³/mol. The molecular weight excluding hydrogens is 321 g/mol. The number of likely N-dealkylation sites (N-methyl/N-ethyl adjacent to an activating group) is 1. The van der Waals surface area contributed by atoms with E-state index in [9.17, 15) is 4.79 Å². The van der Waals surface area contributed by atoms with Crippen LogP contribution in [-0.4, -0.2) is 43.1 Å². The zero-order chi connectivity index (χ0) is 15.7. The summed E-state index contributed by atoms with van der Waals surface area (Å²) in [6.07, 6.45) is 0. The summed E-state index contributed by atoms with van der Waals surface area (Å²) < 4.78 is 0. The highest BCUT2D eigenvalue weighted by molar-refractivity contribution is 6.33. The Bertz CT molecular complexity index is 736. The molecule has 2 aromatic rings. The van der Waals surface area contributed by atoms with Crippen LogP contribution in [0.3, 0.4) is 0 Å². The first-order valence-corrected chi connectivity index (χ1v) is 7.92. The number of rotatable bonds is 2. The van der Waals surface area contributed by atoms with E-state index in [1.165, 1.54) is 0 Å². The van der Waals surface area contributed by atoms with E-state index in [4.69, 9.17) is 23.2 Å². The van der Waals surface area contributed by atoms with Crippen LogP contribution in [0, 0.1) is 0 Å². The lowest BCUT2D eigenvalue weighted by molar-refractivity contribution is 0.313. The second-order valence-corrected chi connectivity index (χ2v) is 6.32. The number of nitrogens with zero attached hydrogens (tertiary/aromatic N) is 2. The molecule has 1 fully saturated rings. The molecule has 4 nitrogen and oxygen atoms in total. The van der Waals surface area contributed by atoms with Crippen LogP contribution < -0.4 is 10.5 Å². The number of hydrogen-bond donors (Lipinski definition) is 1. The number of benzene rings is 1. The molecule has 1 aliphatic heterocycles. The maximum atomic E-state index is 11.6. The van der Waals surface area contributed by atoms with Crippen molar-refractivity contribution in [3.8, 4) is 11.3 Å². The molecule has 0 bridgehead atoms. The number of piperazine rings is 1. The third-order valence-corrected chi connectivity index (χ3v) is 4.56. The number of pyridine rings is 1. The summed E-state index contributed by atoms with van der Waals surface area (Å²) >= 11 is 12.2. The summed E-state index contributed by atoms with van der Waals surface area (Å²) in [7, 11) is 2.12. The van der Waals surface area contributed by atoms with E-state index in [1.54, 1.807) is 12.1 Å². The Morgan fingerprint density at radius 3 is 2.36 bits per heavy atom. The van der Waals surface area contributed by atoms with Crippen molar-refractivity contribution in [2.75, 3.05) is 38.1 Å². The second kappa shape index (κ2) is 6.32. The lowest BCUT2D eigenvalue weighted by Crippen LogP contribution is -2.44.